The van der Waals surface area contributed by atoms with Crippen molar-refractivity contribution in [3.05, 3.63) is 35.1 Å². The molecule has 0 atom stereocenters. The van der Waals surface area contributed by atoms with Gasteiger partial charge in [0.05, 0.1) is 0 Å². The maximum Gasteiger partial charge on any atom is 0.505 e. The zero-order chi connectivity index (χ0) is 14.6. The van der Waals surface area contributed by atoms with Crippen LogP contribution in [0.3, 0.4) is 0 Å². The Morgan fingerprint density at radius 3 is 2.00 bits per heavy atom. The molecule has 0 unspecified atom stereocenters. The van der Waals surface area contributed by atoms with Crippen molar-refractivity contribution in [2.24, 2.45) is 0 Å². The molecule has 108 valence electrons. The van der Waals surface area contributed by atoms with Gasteiger partial charge in [-0.25, -0.2) is 13.2 Å². The zero-order valence-electron chi connectivity index (χ0n) is 11.3. The van der Waals surface area contributed by atoms with E-state index >= 15 is 0 Å². The van der Waals surface area contributed by atoms with Gasteiger partial charge in [-0.2, -0.15) is 0 Å². The summed E-state index contributed by atoms with van der Waals surface area (Å²) in [5.41, 5.74) is -0.0325. The molecule has 0 radical (unpaired) electrons. The summed E-state index contributed by atoms with van der Waals surface area (Å²) < 4.78 is 55.7. The highest BCUT2D eigenvalue weighted by molar-refractivity contribution is 6.60. The normalized spacial score (nSPS) is 12.2. The van der Waals surface area contributed by atoms with Gasteiger partial charge in [0.15, 0.2) is 11.6 Å². The van der Waals surface area contributed by atoms with Crippen LogP contribution in [0.1, 0.15) is 19.4 Å². The number of benzene rings is 1. The SMILES string of the molecule is CO[Si](Cc1cc(F)c(F)cc1F)(OC)OC(C)C. The van der Waals surface area contributed by atoms with E-state index < -0.39 is 26.3 Å². The molecule has 1 aromatic carbocycles. The third-order valence-electron chi connectivity index (χ3n) is 2.53. The Bertz CT molecular complexity index is 436. The molecular weight excluding hydrogens is 277 g/mol. The highest BCUT2D eigenvalue weighted by Crippen LogP contribution is 2.21. The van der Waals surface area contributed by atoms with Crippen LogP contribution in [0.5, 0.6) is 0 Å². The van der Waals surface area contributed by atoms with Gasteiger partial charge in [0, 0.05) is 32.4 Å². The lowest BCUT2D eigenvalue weighted by atomic mass is 10.2. The number of hydrogen-bond donors (Lipinski definition) is 0. The van der Waals surface area contributed by atoms with E-state index in [0.717, 1.165) is 6.07 Å². The van der Waals surface area contributed by atoms with Crippen LogP contribution in [0.2, 0.25) is 0 Å². The standard InChI is InChI=1S/C12H17F3O3Si/c1-8(2)18-19(16-3,17-4)7-9-5-11(14)12(15)6-10(9)13/h5-6,8H,7H2,1-4H3. The van der Waals surface area contributed by atoms with E-state index in [2.05, 4.69) is 0 Å². The van der Waals surface area contributed by atoms with Crippen molar-refractivity contribution in [3.8, 4) is 0 Å². The molecule has 0 N–H and O–H groups in total. The summed E-state index contributed by atoms with van der Waals surface area (Å²) in [7, 11) is -0.379. The molecule has 1 rings (SSSR count). The summed E-state index contributed by atoms with van der Waals surface area (Å²) in [5, 5.41) is 0. The number of rotatable bonds is 6. The van der Waals surface area contributed by atoms with Gasteiger partial charge in [-0.1, -0.05) is 0 Å². The average molecular weight is 294 g/mol. The minimum atomic E-state index is -3.15. The lowest BCUT2D eigenvalue weighted by molar-refractivity contribution is 0.0688. The van der Waals surface area contributed by atoms with Crippen molar-refractivity contribution in [2.45, 2.75) is 26.0 Å². The van der Waals surface area contributed by atoms with E-state index in [1.807, 2.05) is 0 Å². The Kier molecular flexibility index (Phi) is 5.54. The van der Waals surface area contributed by atoms with E-state index in [1.165, 1.54) is 14.2 Å². The minimum absolute atomic E-state index is 0.0325. The number of halogens is 3. The highest BCUT2D eigenvalue weighted by atomic mass is 28.4. The third-order valence-corrected chi connectivity index (χ3v) is 5.42. The molecule has 0 aliphatic heterocycles. The molecular formula is C12H17F3O3Si. The molecule has 0 saturated heterocycles. The van der Waals surface area contributed by atoms with Gasteiger partial charge < -0.3 is 13.3 Å². The van der Waals surface area contributed by atoms with Gasteiger partial charge >= 0.3 is 8.80 Å². The molecule has 0 bridgehead atoms. The smallest absolute Gasteiger partial charge is 0.377 e. The first-order valence-electron chi connectivity index (χ1n) is 5.75. The zero-order valence-corrected chi connectivity index (χ0v) is 12.3. The second-order valence-electron chi connectivity index (χ2n) is 4.29. The first-order chi connectivity index (χ1) is 8.83. The van der Waals surface area contributed by atoms with E-state index in [9.17, 15) is 13.2 Å². The van der Waals surface area contributed by atoms with E-state index in [4.69, 9.17) is 13.3 Å². The molecule has 0 saturated carbocycles. The molecule has 0 fully saturated rings. The van der Waals surface area contributed by atoms with Gasteiger partial charge in [-0.05, 0) is 25.5 Å². The number of hydrogen-bond acceptors (Lipinski definition) is 3. The Labute approximate surface area is 111 Å². The molecule has 0 aliphatic carbocycles. The van der Waals surface area contributed by atoms with Crippen molar-refractivity contribution < 1.29 is 26.4 Å². The van der Waals surface area contributed by atoms with Crippen LogP contribution < -0.4 is 0 Å². The minimum Gasteiger partial charge on any atom is -0.377 e. The molecule has 3 nitrogen and oxygen atoms in total. The Morgan fingerprint density at radius 2 is 1.53 bits per heavy atom. The quantitative estimate of drug-likeness (QED) is 0.596. The van der Waals surface area contributed by atoms with Crippen LogP contribution in [-0.2, 0) is 19.3 Å². The van der Waals surface area contributed by atoms with E-state index in [0.29, 0.717) is 6.07 Å². The molecule has 0 heterocycles. The van der Waals surface area contributed by atoms with Gasteiger partial charge in [0.25, 0.3) is 0 Å². The van der Waals surface area contributed by atoms with Crippen LogP contribution in [0.4, 0.5) is 13.2 Å². The highest BCUT2D eigenvalue weighted by Gasteiger charge is 2.41. The average Bonchev–Trinajstić information content (AvgIpc) is 2.34. The van der Waals surface area contributed by atoms with Gasteiger partial charge in [-0.15, -0.1) is 0 Å². The summed E-state index contributed by atoms with van der Waals surface area (Å²) in [6.45, 7) is 3.56. The molecule has 1 aromatic rings. The molecule has 0 aromatic heterocycles. The monoisotopic (exact) mass is 294 g/mol. The van der Waals surface area contributed by atoms with Crippen molar-refractivity contribution in [3.63, 3.8) is 0 Å². The van der Waals surface area contributed by atoms with Crippen LogP contribution in [0.15, 0.2) is 12.1 Å². The predicted molar refractivity (Wildman–Crippen MR) is 66.0 cm³/mol. The summed E-state index contributed by atoms with van der Waals surface area (Å²) in [6.07, 6.45) is -0.195. The van der Waals surface area contributed by atoms with Crippen LogP contribution in [0.25, 0.3) is 0 Å². The molecule has 0 aliphatic rings. The fourth-order valence-corrected chi connectivity index (χ4v) is 3.84. The maximum absolute atomic E-state index is 13.6. The fraction of sp³-hybridized carbons (Fsp3) is 0.500. The van der Waals surface area contributed by atoms with Crippen molar-refractivity contribution >= 4 is 8.80 Å². The van der Waals surface area contributed by atoms with Crippen LogP contribution in [0, 0.1) is 17.5 Å². The van der Waals surface area contributed by atoms with Gasteiger partial charge in [-0.3, -0.25) is 0 Å². The predicted octanol–water partition coefficient (Wildman–Crippen LogP) is 2.84. The summed E-state index contributed by atoms with van der Waals surface area (Å²) >= 11 is 0. The molecule has 0 spiro atoms. The van der Waals surface area contributed by atoms with Crippen LogP contribution in [-0.4, -0.2) is 29.1 Å². The lowest BCUT2D eigenvalue weighted by Gasteiger charge is -2.28. The Balaban J connectivity index is 3.06. The van der Waals surface area contributed by atoms with Gasteiger partial charge in [0.1, 0.15) is 5.82 Å². The van der Waals surface area contributed by atoms with Gasteiger partial charge in [0.2, 0.25) is 0 Å². The maximum atomic E-state index is 13.6. The Hall–Kier alpha value is -0.893. The summed E-state index contributed by atoms with van der Waals surface area (Å²) in [5.74, 6) is -3.19. The summed E-state index contributed by atoms with van der Waals surface area (Å²) in [6, 6.07) is 1.24. The van der Waals surface area contributed by atoms with Crippen molar-refractivity contribution in [1.29, 1.82) is 0 Å². The lowest BCUT2D eigenvalue weighted by Crippen LogP contribution is -2.48. The second kappa shape index (κ2) is 6.51. The van der Waals surface area contributed by atoms with Crippen molar-refractivity contribution in [1.82, 2.24) is 0 Å². The largest absolute Gasteiger partial charge is 0.505 e. The van der Waals surface area contributed by atoms with E-state index in [-0.39, 0.29) is 17.7 Å². The van der Waals surface area contributed by atoms with E-state index in [1.54, 1.807) is 13.8 Å². The molecule has 19 heavy (non-hydrogen) atoms. The third kappa shape index (κ3) is 4.03. The first kappa shape index (κ1) is 16.2. The topological polar surface area (TPSA) is 27.7 Å². The molecule has 0 amide bonds. The molecule has 7 heteroatoms. The second-order valence-corrected chi connectivity index (χ2v) is 7.06. The summed E-state index contributed by atoms with van der Waals surface area (Å²) in [4.78, 5) is 0. The Morgan fingerprint density at radius 1 is 1.00 bits per heavy atom. The fourth-order valence-electron chi connectivity index (χ4n) is 1.66. The van der Waals surface area contributed by atoms with Crippen LogP contribution >= 0.6 is 0 Å². The first-order valence-corrected chi connectivity index (χ1v) is 7.68. The van der Waals surface area contributed by atoms with Crippen molar-refractivity contribution in [2.75, 3.05) is 14.2 Å².